The van der Waals surface area contributed by atoms with Crippen molar-refractivity contribution in [3.05, 3.63) is 65.6 Å². The first-order valence-electron chi connectivity index (χ1n) is 9.99. The number of hydrogen-bond acceptors (Lipinski definition) is 5. The Kier molecular flexibility index (Phi) is 6.13. The predicted octanol–water partition coefficient (Wildman–Crippen LogP) is 3.61. The average molecular weight is 436 g/mol. The number of hydrogen-bond donors (Lipinski definition) is 1. The monoisotopic (exact) mass is 435 g/mol. The van der Waals surface area contributed by atoms with E-state index in [2.05, 4.69) is 32.0 Å². The minimum atomic E-state index is -0.435. The fourth-order valence-electron chi connectivity index (χ4n) is 3.69. The lowest BCUT2D eigenvalue weighted by atomic mass is 10.1. The molecule has 1 fully saturated rings. The van der Waals surface area contributed by atoms with Crippen LogP contribution in [0, 0.1) is 6.92 Å². The molecule has 5 rings (SSSR count). The molecule has 0 radical (unpaired) electrons. The Morgan fingerprint density at radius 3 is 2.55 bits per heavy atom. The first-order valence-corrected chi connectivity index (χ1v) is 10.4. The van der Waals surface area contributed by atoms with Crippen LogP contribution in [0.1, 0.15) is 5.56 Å². The first-order chi connectivity index (χ1) is 15.1. The summed E-state index contributed by atoms with van der Waals surface area (Å²) in [6, 6.07) is 11.9. The lowest BCUT2D eigenvalue weighted by Crippen LogP contribution is -2.49. The van der Waals surface area contributed by atoms with Crippen LogP contribution >= 0.6 is 11.6 Å². The van der Waals surface area contributed by atoms with E-state index in [0.717, 1.165) is 38.2 Å². The largest absolute Gasteiger partial charge is 0.358 e. The van der Waals surface area contributed by atoms with Crippen LogP contribution in [0.4, 0.5) is 5.82 Å². The number of rotatable bonds is 2. The average Bonchev–Trinajstić information content (AvgIpc) is 3.21. The quantitative estimate of drug-likeness (QED) is 0.384. The number of piperazine rings is 1. The van der Waals surface area contributed by atoms with E-state index in [1.807, 2.05) is 31.3 Å². The van der Waals surface area contributed by atoms with Gasteiger partial charge in [-0.15, -0.1) is 0 Å². The number of nitrogens with zero attached hydrogens (tertiary/aromatic N) is 4. The molecule has 158 valence electrons. The molecule has 4 heterocycles. The molecule has 1 amide bonds. The molecule has 1 aliphatic heterocycles. The van der Waals surface area contributed by atoms with Gasteiger partial charge in [-0.25, -0.2) is 4.98 Å². The zero-order valence-corrected chi connectivity index (χ0v) is 17.8. The maximum absolute atomic E-state index is 11.3. The van der Waals surface area contributed by atoms with Gasteiger partial charge in [0.05, 0.1) is 16.1 Å². The third kappa shape index (κ3) is 4.36. The molecule has 0 spiro atoms. The first kappa shape index (κ1) is 20.8. The summed E-state index contributed by atoms with van der Waals surface area (Å²) in [5.41, 5.74) is 3.01. The van der Waals surface area contributed by atoms with E-state index in [0.29, 0.717) is 32.5 Å². The number of aromatic nitrogens is 3. The summed E-state index contributed by atoms with van der Waals surface area (Å²) in [7, 11) is 0. The zero-order valence-electron chi connectivity index (χ0n) is 17.1. The van der Waals surface area contributed by atoms with Gasteiger partial charge in [0.25, 0.3) is 5.91 Å². The van der Waals surface area contributed by atoms with Crippen LogP contribution in [0.15, 0.2) is 55.0 Å². The number of carbonyl (C=O) groups excluding carboxylic acids is 2. The normalized spacial score (nSPS) is 13.7. The van der Waals surface area contributed by atoms with Crippen molar-refractivity contribution in [1.82, 2.24) is 19.9 Å². The molecule has 3 aromatic heterocycles. The standard InChI is InChI=1S/C15H15N3O2.C8H7ClN2/c19-11-14(20)17-7-9-18(10-8-17)15-13-4-2-1-3-12(13)5-6-16-15;1-5-4-11-8-6(9)2-3-10-7(5)8/h1-6,11H,7-10H2;2-4,11H,1H3. The van der Waals surface area contributed by atoms with E-state index in [-0.39, 0.29) is 0 Å². The molecule has 31 heavy (non-hydrogen) atoms. The number of benzene rings is 1. The Morgan fingerprint density at radius 1 is 1.06 bits per heavy atom. The summed E-state index contributed by atoms with van der Waals surface area (Å²) in [4.78, 5) is 37.3. The topological polar surface area (TPSA) is 82.2 Å². The summed E-state index contributed by atoms with van der Waals surface area (Å²) in [6.07, 6.45) is 5.81. The van der Waals surface area contributed by atoms with Gasteiger partial charge in [-0.05, 0) is 30.0 Å². The fourth-order valence-corrected chi connectivity index (χ4v) is 3.89. The van der Waals surface area contributed by atoms with Gasteiger partial charge < -0.3 is 14.8 Å². The third-order valence-corrected chi connectivity index (χ3v) is 5.67. The van der Waals surface area contributed by atoms with Crippen LogP contribution in [0.3, 0.4) is 0 Å². The number of fused-ring (bicyclic) bond motifs is 2. The van der Waals surface area contributed by atoms with Crippen LogP contribution in [0.5, 0.6) is 0 Å². The third-order valence-electron chi connectivity index (χ3n) is 5.35. The molecule has 0 aliphatic carbocycles. The summed E-state index contributed by atoms with van der Waals surface area (Å²) in [6.45, 7) is 4.51. The van der Waals surface area contributed by atoms with E-state index in [1.54, 1.807) is 23.4 Å². The van der Waals surface area contributed by atoms with Crippen LogP contribution in [-0.4, -0.2) is 58.2 Å². The molecule has 4 aromatic rings. The van der Waals surface area contributed by atoms with E-state index < -0.39 is 5.91 Å². The van der Waals surface area contributed by atoms with Gasteiger partial charge >= 0.3 is 0 Å². The molecule has 8 heteroatoms. The molecule has 1 aromatic carbocycles. The van der Waals surface area contributed by atoms with Crippen molar-refractivity contribution in [3.8, 4) is 0 Å². The number of carbonyl (C=O) groups is 2. The molecule has 1 aliphatic rings. The van der Waals surface area contributed by atoms with E-state index in [4.69, 9.17) is 11.6 Å². The van der Waals surface area contributed by atoms with Crippen molar-refractivity contribution in [3.63, 3.8) is 0 Å². The molecule has 0 unspecified atom stereocenters. The maximum Gasteiger partial charge on any atom is 0.286 e. The van der Waals surface area contributed by atoms with Crippen molar-refractivity contribution in [2.75, 3.05) is 31.1 Å². The Hall–Kier alpha value is -3.45. The maximum atomic E-state index is 11.3. The lowest BCUT2D eigenvalue weighted by molar-refractivity contribution is -0.139. The highest BCUT2D eigenvalue weighted by Gasteiger charge is 2.22. The number of halogens is 1. The zero-order chi connectivity index (χ0) is 21.8. The summed E-state index contributed by atoms with van der Waals surface area (Å²) >= 11 is 5.90. The highest BCUT2D eigenvalue weighted by Crippen LogP contribution is 2.25. The second-order valence-corrected chi connectivity index (χ2v) is 7.68. The molecular weight excluding hydrogens is 414 g/mol. The minimum Gasteiger partial charge on any atom is -0.358 e. The summed E-state index contributed by atoms with van der Waals surface area (Å²) < 4.78 is 0. The number of aldehydes is 1. The van der Waals surface area contributed by atoms with E-state index in [1.165, 1.54) is 0 Å². The lowest BCUT2D eigenvalue weighted by Gasteiger charge is -2.35. The second kappa shape index (κ2) is 9.14. The van der Waals surface area contributed by atoms with Crippen molar-refractivity contribution in [2.24, 2.45) is 0 Å². The van der Waals surface area contributed by atoms with Crippen LogP contribution in [0.2, 0.25) is 5.02 Å². The van der Waals surface area contributed by atoms with Crippen molar-refractivity contribution in [2.45, 2.75) is 6.92 Å². The van der Waals surface area contributed by atoms with E-state index >= 15 is 0 Å². The SMILES string of the molecule is Cc1c[nH]c2c(Cl)ccnc12.O=CC(=O)N1CCN(c2nccc3ccccc23)CC1. The van der Waals surface area contributed by atoms with Gasteiger partial charge in [-0.3, -0.25) is 14.6 Å². The van der Waals surface area contributed by atoms with Crippen molar-refractivity contribution >= 4 is 51.4 Å². The van der Waals surface area contributed by atoms with Gasteiger partial charge in [-0.1, -0.05) is 35.9 Å². The Labute approximate surface area is 184 Å². The number of H-pyrrole nitrogens is 1. The smallest absolute Gasteiger partial charge is 0.286 e. The summed E-state index contributed by atoms with van der Waals surface area (Å²) in [5, 5.41) is 3.00. The number of aryl methyl sites for hydroxylation is 1. The number of amides is 1. The molecule has 0 saturated carbocycles. The second-order valence-electron chi connectivity index (χ2n) is 7.27. The number of anilines is 1. The van der Waals surface area contributed by atoms with Gasteiger partial charge in [0, 0.05) is 50.2 Å². The highest BCUT2D eigenvalue weighted by molar-refractivity contribution is 6.34. The van der Waals surface area contributed by atoms with Gasteiger partial charge in [0.15, 0.2) is 0 Å². The minimum absolute atomic E-state index is 0.381. The van der Waals surface area contributed by atoms with Gasteiger partial charge in [0.1, 0.15) is 5.82 Å². The van der Waals surface area contributed by atoms with Crippen LogP contribution in [-0.2, 0) is 9.59 Å². The Balaban J connectivity index is 0.000000177. The highest BCUT2D eigenvalue weighted by atomic mass is 35.5. The van der Waals surface area contributed by atoms with E-state index in [9.17, 15) is 9.59 Å². The molecule has 1 N–H and O–H groups in total. The van der Waals surface area contributed by atoms with Gasteiger partial charge in [0.2, 0.25) is 6.29 Å². The molecular formula is C23H22ClN5O2. The van der Waals surface area contributed by atoms with Crippen molar-refractivity contribution < 1.29 is 9.59 Å². The number of nitrogens with one attached hydrogen (secondary N) is 1. The van der Waals surface area contributed by atoms with Crippen molar-refractivity contribution in [1.29, 1.82) is 0 Å². The molecule has 1 saturated heterocycles. The molecule has 0 atom stereocenters. The number of aromatic amines is 1. The number of pyridine rings is 2. The Morgan fingerprint density at radius 2 is 1.81 bits per heavy atom. The van der Waals surface area contributed by atoms with Gasteiger partial charge in [-0.2, -0.15) is 0 Å². The fraction of sp³-hybridized carbons (Fsp3) is 0.217. The predicted molar refractivity (Wildman–Crippen MR) is 122 cm³/mol. The van der Waals surface area contributed by atoms with Crippen LogP contribution in [0.25, 0.3) is 21.8 Å². The summed E-state index contributed by atoms with van der Waals surface area (Å²) in [5.74, 6) is 0.511. The Bertz CT molecular complexity index is 1230. The van der Waals surface area contributed by atoms with Crippen LogP contribution < -0.4 is 4.90 Å². The molecule has 7 nitrogen and oxygen atoms in total. The molecule has 0 bridgehead atoms.